The number of esters is 1. The SMILES string of the molecule is COC(=O)c1ccc(-c2nc(-c3ccccc3O)nc(-c3ccc(C(F)(F)F)cc3O)n2)cc1. The van der Waals surface area contributed by atoms with Gasteiger partial charge in [-0.25, -0.2) is 19.7 Å². The Balaban J connectivity index is 1.88. The van der Waals surface area contributed by atoms with Gasteiger partial charge in [-0.1, -0.05) is 24.3 Å². The van der Waals surface area contributed by atoms with Crippen LogP contribution in [-0.4, -0.2) is 38.2 Å². The van der Waals surface area contributed by atoms with Crippen molar-refractivity contribution in [2.45, 2.75) is 6.18 Å². The fourth-order valence-electron chi connectivity index (χ4n) is 3.18. The average Bonchev–Trinajstić information content (AvgIpc) is 2.83. The summed E-state index contributed by atoms with van der Waals surface area (Å²) in [5.41, 5.74) is -0.0759. The van der Waals surface area contributed by atoms with Gasteiger partial charge in [0.05, 0.1) is 29.4 Å². The van der Waals surface area contributed by atoms with Gasteiger partial charge >= 0.3 is 12.1 Å². The normalized spacial score (nSPS) is 11.3. The summed E-state index contributed by atoms with van der Waals surface area (Å²) >= 11 is 0. The Bertz CT molecular complexity index is 1370. The molecule has 3 aromatic carbocycles. The van der Waals surface area contributed by atoms with Gasteiger partial charge in [0.25, 0.3) is 0 Å². The van der Waals surface area contributed by atoms with Crippen LogP contribution in [0.3, 0.4) is 0 Å². The van der Waals surface area contributed by atoms with E-state index >= 15 is 0 Å². The number of phenols is 2. The molecule has 0 fully saturated rings. The zero-order valence-corrected chi connectivity index (χ0v) is 17.5. The first kappa shape index (κ1) is 22.7. The Morgan fingerprint density at radius 1 is 0.794 bits per heavy atom. The standard InChI is InChI=1S/C24H16F3N3O4/c1-34-23(33)14-8-6-13(7-9-14)20-28-21(16-4-2-3-5-18(16)31)30-22(29-20)17-11-10-15(12-19(17)32)24(25,26)27/h2-12,31-32H,1H3. The first-order chi connectivity index (χ1) is 16.2. The summed E-state index contributed by atoms with van der Waals surface area (Å²) in [6.07, 6.45) is -4.64. The number of carbonyl (C=O) groups excluding carboxylic acids is 1. The number of hydrogen-bond acceptors (Lipinski definition) is 7. The second-order valence-corrected chi connectivity index (χ2v) is 7.12. The van der Waals surface area contributed by atoms with Gasteiger partial charge in [0.15, 0.2) is 17.5 Å². The molecule has 4 rings (SSSR count). The molecule has 7 nitrogen and oxygen atoms in total. The molecule has 0 saturated heterocycles. The van der Waals surface area contributed by atoms with Crippen LogP contribution < -0.4 is 0 Å². The van der Waals surface area contributed by atoms with Crippen molar-refractivity contribution in [1.82, 2.24) is 15.0 Å². The largest absolute Gasteiger partial charge is 0.507 e. The molecule has 0 spiro atoms. The lowest BCUT2D eigenvalue weighted by Gasteiger charge is -2.12. The van der Waals surface area contributed by atoms with Gasteiger partial charge < -0.3 is 14.9 Å². The van der Waals surface area contributed by atoms with Crippen LogP contribution in [0.5, 0.6) is 11.5 Å². The molecule has 0 bridgehead atoms. The van der Waals surface area contributed by atoms with E-state index in [-0.39, 0.29) is 34.3 Å². The first-order valence-electron chi connectivity index (χ1n) is 9.81. The minimum absolute atomic E-state index is 0.0365. The third-order valence-electron chi connectivity index (χ3n) is 4.91. The van der Waals surface area contributed by atoms with E-state index in [1.54, 1.807) is 30.3 Å². The molecule has 0 atom stereocenters. The molecule has 10 heteroatoms. The molecule has 0 saturated carbocycles. The highest BCUT2D eigenvalue weighted by molar-refractivity contribution is 5.89. The Kier molecular flexibility index (Phi) is 5.89. The highest BCUT2D eigenvalue weighted by Crippen LogP contribution is 2.37. The van der Waals surface area contributed by atoms with Gasteiger partial charge in [-0.2, -0.15) is 13.2 Å². The van der Waals surface area contributed by atoms with Crippen LogP contribution in [0.4, 0.5) is 13.2 Å². The average molecular weight is 467 g/mol. The molecule has 172 valence electrons. The molecule has 0 unspecified atom stereocenters. The van der Waals surface area contributed by atoms with Crippen LogP contribution in [0.2, 0.25) is 0 Å². The Hall–Kier alpha value is -4.47. The molecule has 0 aliphatic carbocycles. The van der Waals surface area contributed by atoms with Crippen LogP contribution in [0.15, 0.2) is 66.7 Å². The van der Waals surface area contributed by atoms with E-state index < -0.39 is 23.5 Å². The highest BCUT2D eigenvalue weighted by atomic mass is 19.4. The van der Waals surface area contributed by atoms with Crippen LogP contribution >= 0.6 is 0 Å². The second-order valence-electron chi connectivity index (χ2n) is 7.12. The number of carbonyl (C=O) groups is 1. The summed E-state index contributed by atoms with van der Waals surface area (Å²) in [6.45, 7) is 0. The number of aromatic nitrogens is 3. The van der Waals surface area contributed by atoms with E-state index in [1.165, 1.54) is 25.3 Å². The lowest BCUT2D eigenvalue weighted by Crippen LogP contribution is -2.05. The molecule has 1 aromatic heterocycles. The topological polar surface area (TPSA) is 105 Å². The molecule has 0 amide bonds. The molecular weight excluding hydrogens is 451 g/mol. The summed E-state index contributed by atoms with van der Waals surface area (Å²) in [5.74, 6) is -1.29. The van der Waals surface area contributed by atoms with Crippen molar-refractivity contribution in [2.75, 3.05) is 7.11 Å². The van der Waals surface area contributed by atoms with Crippen LogP contribution in [0.25, 0.3) is 34.2 Å². The summed E-state index contributed by atoms with van der Waals surface area (Å²) in [4.78, 5) is 24.7. The van der Waals surface area contributed by atoms with Crippen molar-refractivity contribution >= 4 is 5.97 Å². The van der Waals surface area contributed by atoms with Crippen LogP contribution in [0, 0.1) is 0 Å². The maximum atomic E-state index is 13.0. The monoisotopic (exact) mass is 467 g/mol. The number of ether oxygens (including phenoxy) is 1. The maximum Gasteiger partial charge on any atom is 0.416 e. The molecule has 0 aliphatic rings. The number of para-hydroxylation sites is 1. The van der Waals surface area contributed by atoms with Crippen molar-refractivity contribution in [3.8, 4) is 45.7 Å². The summed E-state index contributed by atoms with van der Waals surface area (Å²) in [5, 5.41) is 20.6. The quantitative estimate of drug-likeness (QED) is 0.403. The van der Waals surface area contributed by atoms with Crippen molar-refractivity contribution in [1.29, 1.82) is 0 Å². The smallest absolute Gasteiger partial charge is 0.416 e. The third kappa shape index (κ3) is 4.51. The van der Waals surface area contributed by atoms with Crippen molar-refractivity contribution in [3.63, 3.8) is 0 Å². The number of phenolic OH excluding ortho intramolecular Hbond substituents is 2. The third-order valence-corrected chi connectivity index (χ3v) is 4.91. The van der Waals surface area contributed by atoms with Gasteiger partial charge in [0.1, 0.15) is 11.5 Å². The van der Waals surface area contributed by atoms with Gasteiger partial charge in [0, 0.05) is 5.56 Å². The number of aromatic hydroxyl groups is 2. The molecule has 0 radical (unpaired) electrons. The van der Waals surface area contributed by atoms with Gasteiger partial charge in [-0.3, -0.25) is 0 Å². The maximum absolute atomic E-state index is 13.0. The van der Waals surface area contributed by atoms with Gasteiger partial charge in [-0.05, 0) is 42.5 Å². The van der Waals surface area contributed by atoms with E-state index in [9.17, 15) is 28.2 Å². The number of benzene rings is 3. The Labute approximate surface area is 191 Å². The number of rotatable bonds is 4. The molecular formula is C24H16F3N3O4. The number of hydrogen-bond donors (Lipinski definition) is 2. The van der Waals surface area contributed by atoms with Crippen molar-refractivity contribution in [2.24, 2.45) is 0 Å². The fraction of sp³-hybridized carbons (Fsp3) is 0.0833. The zero-order valence-electron chi connectivity index (χ0n) is 17.5. The number of nitrogens with zero attached hydrogens (tertiary/aromatic N) is 3. The van der Waals surface area contributed by atoms with E-state index in [0.29, 0.717) is 17.2 Å². The number of alkyl halides is 3. The Morgan fingerprint density at radius 3 is 1.94 bits per heavy atom. The summed E-state index contributed by atoms with van der Waals surface area (Å²) < 4.78 is 43.7. The molecule has 2 N–H and O–H groups in total. The van der Waals surface area contributed by atoms with E-state index in [4.69, 9.17) is 0 Å². The van der Waals surface area contributed by atoms with Crippen molar-refractivity contribution < 1.29 is 32.9 Å². The summed E-state index contributed by atoms with van der Waals surface area (Å²) in [6, 6.07) is 14.8. The van der Waals surface area contributed by atoms with Crippen LogP contribution in [0.1, 0.15) is 15.9 Å². The van der Waals surface area contributed by atoms with Crippen molar-refractivity contribution in [3.05, 3.63) is 77.9 Å². The lowest BCUT2D eigenvalue weighted by atomic mass is 10.1. The predicted octanol–water partition coefficient (Wildman–Crippen LogP) is 5.09. The Morgan fingerprint density at radius 2 is 1.38 bits per heavy atom. The van der Waals surface area contributed by atoms with Gasteiger partial charge in [0.2, 0.25) is 0 Å². The second kappa shape index (κ2) is 8.81. The fourth-order valence-corrected chi connectivity index (χ4v) is 3.18. The molecule has 34 heavy (non-hydrogen) atoms. The molecule has 1 heterocycles. The van der Waals surface area contributed by atoms with Crippen LogP contribution in [-0.2, 0) is 10.9 Å². The van der Waals surface area contributed by atoms with Gasteiger partial charge in [-0.15, -0.1) is 0 Å². The van der Waals surface area contributed by atoms with E-state index in [2.05, 4.69) is 19.7 Å². The molecule has 4 aromatic rings. The lowest BCUT2D eigenvalue weighted by molar-refractivity contribution is -0.137. The minimum atomic E-state index is -4.64. The predicted molar refractivity (Wildman–Crippen MR) is 116 cm³/mol. The van der Waals surface area contributed by atoms with E-state index in [1.807, 2.05) is 0 Å². The van der Waals surface area contributed by atoms with E-state index in [0.717, 1.165) is 12.1 Å². The molecule has 0 aliphatic heterocycles. The first-order valence-corrected chi connectivity index (χ1v) is 9.81. The minimum Gasteiger partial charge on any atom is -0.507 e. The highest BCUT2D eigenvalue weighted by Gasteiger charge is 2.31. The number of methoxy groups -OCH3 is 1. The summed E-state index contributed by atoms with van der Waals surface area (Å²) in [7, 11) is 1.25. The zero-order chi connectivity index (χ0) is 24.5. The number of halogens is 3.